The number of halogens is 3. The molecule has 8 heteroatoms. The molecule has 3 aromatic rings. The fraction of sp³-hybridized carbons (Fsp3) is 0.267. The van der Waals surface area contributed by atoms with Crippen LogP contribution in [0, 0.1) is 0 Å². The molecule has 0 radical (unpaired) electrons. The summed E-state index contributed by atoms with van der Waals surface area (Å²) in [5.41, 5.74) is 2.53. The normalized spacial score (nSPS) is 12.0. The van der Waals surface area contributed by atoms with Crippen molar-refractivity contribution in [3.05, 3.63) is 48.0 Å². The molecule has 0 spiro atoms. The van der Waals surface area contributed by atoms with Gasteiger partial charge in [-0.25, -0.2) is 0 Å². The molecule has 0 saturated carbocycles. The average Bonchev–Trinajstić information content (AvgIpc) is 2.96. The van der Waals surface area contributed by atoms with Gasteiger partial charge in [0.25, 0.3) is 0 Å². The maximum atomic E-state index is 13.3. The number of ether oxygens (including phenoxy) is 1. The molecule has 2 heterocycles. The van der Waals surface area contributed by atoms with Gasteiger partial charge in [0.05, 0.1) is 18.5 Å². The lowest BCUT2D eigenvalue weighted by Crippen LogP contribution is -2.09. The fourth-order valence-corrected chi connectivity index (χ4v) is 2.26. The summed E-state index contributed by atoms with van der Waals surface area (Å²) in [5.74, 6) is -0.634. The zero-order chi connectivity index (χ0) is 16.4. The summed E-state index contributed by atoms with van der Waals surface area (Å²) in [6.45, 7) is 3.09. The van der Waals surface area contributed by atoms with Crippen LogP contribution in [0.2, 0.25) is 0 Å². The summed E-state index contributed by atoms with van der Waals surface area (Å²) >= 11 is 5.06. The van der Waals surface area contributed by atoms with Gasteiger partial charge in [0, 0.05) is 18.4 Å². The summed E-state index contributed by atoms with van der Waals surface area (Å²) in [4.78, 5) is 4.22. The molecule has 0 aliphatic rings. The van der Waals surface area contributed by atoms with Crippen LogP contribution in [0.1, 0.15) is 18.3 Å². The maximum absolute atomic E-state index is 13.3. The lowest BCUT2D eigenvalue weighted by molar-refractivity contribution is 0.0833. The molecule has 0 saturated heterocycles. The number of hydrogen-bond acceptors (Lipinski definition) is 4. The molecule has 0 aliphatic heterocycles. The quantitative estimate of drug-likeness (QED) is 0.667. The van der Waals surface area contributed by atoms with Gasteiger partial charge >= 0.3 is 5.38 Å². The lowest BCUT2D eigenvalue weighted by Gasteiger charge is -2.07. The summed E-state index contributed by atoms with van der Waals surface area (Å²) in [6, 6.07) is 7.51. The monoisotopic (exact) mass is 338 g/mol. The summed E-state index contributed by atoms with van der Waals surface area (Å²) < 4.78 is 33.1. The molecule has 1 aromatic carbocycles. The summed E-state index contributed by atoms with van der Waals surface area (Å²) in [6.07, 6.45) is 2.82. The number of hydrogen-bond donors (Lipinski definition) is 0. The molecule has 0 unspecified atom stereocenters. The smallest absolute Gasteiger partial charge is 0.377 e. The van der Waals surface area contributed by atoms with E-state index in [1.807, 2.05) is 31.2 Å². The minimum absolute atomic E-state index is 0.206. The number of fused-ring (bicyclic) bond motifs is 1. The highest BCUT2D eigenvalue weighted by Gasteiger charge is 2.34. The standard InChI is InChI=1S/C15H13ClF2N4O/c1-2-23-9-10-3-5-11(6-4-10)12-8-22-13(7-19-12)20-21-14(22)15(16,17)18/h3-8H,2,9H2,1H3. The molecule has 23 heavy (non-hydrogen) atoms. The lowest BCUT2D eigenvalue weighted by atomic mass is 10.1. The van der Waals surface area contributed by atoms with Crippen LogP contribution < -0.4 is 0 Å². The molecule has 120 valence electrons. The predicted molar refractivity (Wildman–Crippen MR) is 81.3 cm³/mol. The van der Waals surface area contributed by atoms with E-state index in [2.05, 4.69) is 15.2 Å². The molecular formula is C15H13ClF2N4O. The molecule has 0 amide bonds. The Labute approximate surface area is 135 Å². The van der Waals surface area contributed by atoms with Crippen LogP contribution in [0.25, 0.3) is 16.9 Å². The third kappa shape index (κ3) is 3.30. The van der Waals surface area contributed by atoms with E-state index in [-0.39, 0.29) is 5.65 Å². The van der Waals surface area contributed by atoms with E-state index in [1.54, 1.807) is 0 Å². The Balaban J connectivity index is 1.96. The Morgan fingerprint density at radius 3 is 2.61 bits per heavy atom. The van der Waals surface area contributed by atoms with Gasteiger partial charge in [0.15, 0.2) is 5.65 Å². The first-order valence-electron chi connectivity index (χ1n) is 6.94. The van der Waals surface area contributed by atoms with E-state index in [1.165, 1.54) is 12.4 Å². The van der Waals surface area contributed by atoms with Crippen molar-refractivity contribution in [1.29, 1.82) is 0 Å². The molecule has 5 nitrogen and oxygen atoms in total. The van der Waals surface area contributed by atoms with Gasteiger partial charge in [-0.2, -0.15) is 8.78 Å². The Morgan fingerprint density at radius 2 is 1.96 bits per heavy atom. The number of benzene rings is 1. The van der Waals surface area contributed by atoms with Crippen molar-refractivity contribution in [1.82, 2.24) is 19.6 Å². The van der Waals surface area contributed by atoms with E-state index in [0.717, 1.165) is 15.5 Å². The van der Waals surface area contributed by atoms with Gasteiger partial charge in [-0.05, 0) is 24.1 Å². The van der Waals surface area contributed by atoms with Gasteiger partial charge in [-0.1, -0.05) is 24.3 Å². The SMILES string of the molecule is CCOCc1ccc(-c2cn3c(C(F)(F)Cl)nnc3cn2)cc1. The topological polar surface area (TPSA) is 52.3 Å². The van der Waals surface area contributed by atoms with Crippen LogP contribution in [0.15, 0.2) is 36.7 Å². The van der Waals surface area contributed by atoms with E-state index in [4.69, 9.17) is 16.3 Å². The Kier molecular flexibility index (Phi) is 4.23. The first-order chi connectivity index (χ1) is 11.0. The van der Waals surface area contributed by atoms with Crippen LogP contribution in [0.4, 0.5) is 8.78 Å². The van der Waals surface area contributed by atoms with Crippen LogP contribution in [-0.4, -0.2) is 26.2 Å². The van der Waals surface area contributed by atoms with Crippen molar-refractivity contribution in [2.45, 2.75) is 18.9 Å². The van der Waals surface area contributed by atoms with Gasteiger partial charge in [0.2, 0.25) is 5.82 Å². The highest BCUT2D eigenvalue weighted by molar-refractivity contribution is 6.21. The first kappa shape index (κ1) is 15.8. The molecule has 0 bridgehead atoms. The third-order valence-corrected chi connectivity index (χ3v) is 3.44. The van der Waals surface area contributed by atoms with Gasteiger partial charge in [-0.3, -0.25) is 9.38 Å². The molecule has 0 N–H and O–H groups in total. The van der Waals surface area contributed by atoms with Crippen LogP contribution in [0.5, 0.6) is 0 Å². The molecule has 0 aliphatic carbocycles. The van der Waals surface area contributed by atoms with Gasteiger partial charge < -0.3 is 4.74 Å². The van der Waals surface area contributed by atoms with E-state index < -0.39 is 11.2 Å². The van der Waals surface area contributed by atoms with Crippen molar-refractivity contribution in [3.63, 3.8) is 0 Å². The van der Waals surface area contributed by atoms with E-state index >= 15 is 0 Å². The van der Waals surface area contributed by atoms with Crippen molar-refractivity contribution >= 4 is 17.2 Å². The first-order valence-corrected chi connectivity index (χ1v) is 7.32. The van der Waals surface area contributed by atoms with Crippen LogP contribution in [0.3, 0.4) is 0 Å². The Hall–Kier alpha value is -2.12. The largest absolute Gasteiger partial charge is 0.382 e. The minimum atomic E-state index is -3.60. The fourth-order valence-electron chi connectivity index (χ4n) is 2.14. The van der Waals surface area contributed by atoms with Crippen LogP contribution in [-0.2, 0) is 16.7 Å². The highest BCUT2D eigenvalue weighted by Crippen LogP contribution is 2.31. The highest BCUT2D eigenvalue weighted by atomic mass is 35.5. The number of aromatic nitrogens is 4. The summed E-state index contributed by atoms with van der Waals surface area (Å²) in [5, 5.41) is 3.46. The molecule has 3 rings (SSSR count). The second-order valence-corrected chi connectivity index (χ2v) is 5.33. The maximum Gasteiger partial charge on any atom is 0.382 e. The van der Waals surface area contributed by atoms with Crippen LogP contribution >= 0.6 is 11.6 Å². The average molecular weight is 339 g/mol. The molecular weight excluding hydrogens is 326 g/mol. The minimum Gasteiger partial charge on any atom is -0.377 e. The van der Waals surface area contributed by atoms with Crippen molar-refractivity contribution in [2.24, 2.45) is 0 Å². The van der Waals surface area contributed by atoms with E-state index in [9.17, 15) is 8.78 Å². The predicted octanol–water partition coefficient (Wildman–Crippen LogP) is 3.62. The Morgan fingerprint density at radius 1 is 1.22 bits per heavy atom. The van der Waals surface area contributed by atoms with Crippen molar-refractivity contribution in [2.75, 3.05) is 6.61 Å². The third-order valence-electron chi connectivity index (χ3n) is 3.27. The zero-order valence-corrected chi connectivity index (χ0v) is 13.0. The van der Waals surface area contributed by atoms with Gasteiger partial charge in [-0.15, -0.1) is 10.2 Å². The molecule has 0 atom stereocenters. The Bertz CT molecular complexity index is 814. The second-order valence-electron chi connectivity index (χ2n) is 4.86. The van der Waals surface area contributed by atoms with Gasteiger partial charge in [0.1, 0.15) is 0 Å². The molecule has 2 aromatic heterocycles. The molecule has 0 fully saturated rings. The number of nitrogens with zero attached hydrogens (tertiary/aromatic N) is 4. The van der Waals surface area contributed by atoms with Crippen molar-refractivity contribution in [3.8, 4) is 11.3 Å². The number of rotatable bonds is 5. The van der Waals surface area contributed by atoms with Crippen molar-refractivity contribution < 1.29 is 13.5 Å². The van der Waals surface area contributed by atoms with E-state index in [0.29, 0.717) is 18.9 Å². The summed E-state index contributed by atoms with van der Waals surface area (Å²) in [7, 11) is 0. The zero-order valence-electron chi connectivity index (χ0n) is 12.2. The second kappa shape index (κ2) is 6.17. The number of alkyl halides is 3.